The minimum atomic E-state index is -0.226. The highest BCUT2D eigenvalue weighted by Gasteiger charge is 2.16. The molecule has 23 heavy (non-hydrogen) atoms. The maximum absolute atomic E-state index is 12.2. The average molecular weight is 344 g/mol. The second kappa shape index (κ2) is 11.7. The van der Waals surface area contributed by atoms with Gasteiger partial charge in [0.15, 0.2) is 0 Å². The average Bonchev–Trinajstić information content (AvgIpc) is 2.52. The highest BCUT2D eigenvalue weighted by atomic mass is 35.5. The zero-order chi connectivity index (χ0) is 16.4. The number of para-hydroxylation sites is 2. The Hall–Kier alpha value is -1.79. The van der Waals surface area contributed by atoms with E-state index in [-0.39, 0.29) is 30.8 Å². The van der Waals surface area contributed by atoms with E-state index in [0.29, 0.717) is 30.9 Å². The van der Waals surface area contributed by atoms with Gasteiger partial charge in [0.05, 0.1) is 19.3 Å². The van der Waals surface area contributed by atoms with Crippen molar-refractivity contribution in [3.63, 3.8) is 0 Å². The summed E-state index contributed by atoms with van der Waals surface area (Å²) >= 11 is 0. The molecule has 0 saturated carbocycles. The maximum atomic E-state index is 12.2. The summed E-state index contributed by atoms with van der Waals surface area (Å²) in [5, 5.41) is 5.73. The molecule has 0 spiro atoms. The van der Waals surface area contributed by atoms with Crippen LogP contribution >= 0.6 is 12.4 Å². The monoisotopic (exact) mass is 343 g/mol. The van der Waals surface area contributed by atoms with Gasteiger partial charge in [0.2, 0.25) is 11.8 Å². The molecule has 0 aliphatic heterocycles. The van der Waals surface area contributed by atoms with Gasteiger partial charge in [-0.3, -0.25) is 9.59 Å². The molecule has 0 fully saturated rings. The lowest BCUT2D eigenvalue weighted by Gasteiger charge is -2.22. The number of amides is 2. The number of nitrogens with zero attached hydrogens (tertiary/aromatic N) is 1. The Labute approximate surface area is 144 Å². The molecule has 0 unspecified atom stereocenters. The second-order valence-electron chi connectivity index (χ2n) is 4.92. The lowest BCUT2D eigenvalue weighted by molar-refractivity contribution is -0.134. The van der Waals surface area contributed by atoms with Crippen molar-refractivity contribution < 1.29 is 14.3 Å². The zero-order valence-corrected chi connectivity index (χ0v) is 14.7. The maximum Gasteiger partial charge on any atom is 0.244 e. The predicted molar refractivity (Wildman–Crippen MR) is 94.3 cm³/mol. The fourth-order valence-corrected chi connectivity index (χ4v) is 2.06. The van der Waals surface area contributed by atoms with E-state index in [0.717, 1.165) is 6.42 Å². The van der Waals surface area contributed by atoms with Crippen LogP contribution in [-0.2, 0) is 9.59 Å². The molecular weight excluding hydrogens is 318 g/mol. The van der Waals surface area contributed by atoms with Crippen molar-refractivity contribution >= 4 is 29.9 Å². The van der Waals surface area contributed by atoms with Crippen LogP contribution in [0.2, 0.25) is 0 Å². The summed E-state index contributed by atoms with van der Waals surface area (Å²) in [6.07, 6.45) is 1.20. The normalized spacial score (nSPS) is 9.70. The molecule has 7 heteroatoms. The predicted octanol–water partition coefficient (Wildman–Crippen LogP) is 1.90. The van der Waals surface area contributed by atoms with Crippen LogP contribution in [0.4, 0.5) is 5.69 Å². The van der Waals surface area contributed by atoms with Crippen molar-refractivity contribution in [3.05, 3.63) is 24.3 Å². The second-order valence-corrected chi connectivity index (χ2v) is 4.92. The summed E-state index contributed by atoms with van der Waals surface area (Å²) in [7, 11) is 3.35. The lowest BCUT2D eigenvalue weighted by Crippen LogP contribution is -2.39. The Balaban J connectivity index is 0.00000484. The molecule has 1 aromatic carbocycles. The van der Waals surface area contributed by atoms with Gasteiger partial charge in [-0.05, 0) is 25.6 Å². The number of halogens is 1. The Kier molecular flexibility index (Phi) is 10.8. The topological polar surface area (TPSA) is 70.7 Å². The third-order valence-corrected chi connectivity index (χ3v) is 3.15. The van der Waals surface area contributed by atoms with E-state index in [1.54, 1.807) is 31.2 Å². The molecule has 0 heterocycles. The molecule has 0 radical (unpaired) electrons. The summed E-state index contributed by atoms with van der Waals surface area (Å²) < 4.78 is 5.20. The molecule has 6 nitrogen and oxygen atoms in total. The van der Waals surface area contributed by atoms with Crippen molar-refractivity contribution in [1.82, 2.24) is 10.2 Å². The van der Waals surface area contributed by atoms with Crippen molar-refractivity contribution in [1.29, 1.82) is 0 Å². The zero-order valence-electron chi connectivity index (χ0n) is 13.9. The van der Waals surface area contributed by atoms with Crippen molar-refractivity contribution in [3.8, 4) is 5.75 Å². The number of ether oxygens (including phenoxy) is 1. The van der Waals surface area contributed by atoms with Gasteiger partial charge in [-0.25, -0.2) is 0 Å². The fraction of sp³-hybridized carbons (Fsp3) is 0.500. The van der Waals surface area contributed by atoms with Crippen LogP contribution in [0.25, 0.3) is 0 Å². The van der Waals surface area contributed by atoms with Gasteiger partial charge in [-0.1, -0.05) is 19.1 Å². The molecule has 2 amide bonds. The largest absolute Gasteiger partial charge is 0.495 e. The van der Waals surface area contributed by atoms with E-state index in [2.05, 4.69) is 10.6 Å². The van der Waals surface area contributed by atoms with Crippen LogP contribution in [0, 0.1) is 0 Å². The molecule has 0 saturated heterocycles. The van der Waals surface area contributed by atoms with Crippen molar-refractivity contribution in [2.24, 2.45) is 0 Å². The summed E-state index contributed by atoms with van der Waals surface area (Å²) in [4.78, 5) is 25.8. The molecule has 2 N–H and O–H groups in total. The number of rotatable bonds is 9. The SMILES string of the molecule is CCCN(CC(=O)Nc1ccccc1OC)C(=O)CCNC.Cl. The van der Waals surface area contributed by atoms with Gasteiger partial charge in [-0.15, -0.1) is 12.4 Å². The number of methoxy groups -OCH3 is 1. The van der Waals surface area contributed by atoms with Gasteiger partial charge < -0.3 is 20.3 Å². The Morgan fingerprint density at radius 2 is 1.96 bits per heavy atom. The third-order valence-electron chi connectivity index (χ3n) is 3.15. The molecule has 0 aromatic heterocycles. The van der Waals surface area contributed by atoms with Crippen molar-refractivity contribution in [2.45, 2.75) is 19.8 Å². The number of carbonyl (C=O) groups excluding carboxylic acids is 2. The first-order valence-corrected chi connectivity index (χ1v) is 7.47. The van der Waals surface area contributed by atoms with Gasteiger partial charge in [0.1, 0.15) is 5.75 Å². The van der Waals surface area contributed by atoms with Crippen LogP contribution in [0.5, 0.6) is 5.75 Å². The number of hydrogen-bond acceptors (Lipinski definition) is 4. The molecule has 0 aliphatic carbocycles. The summed E-state index contributed by atoms with van der Waals surface area (Å²) in [5.74, 6) is 0.349. The van der Waals surface area contributed by atoms with Gasteiger partial charge in [-0.2, -0.15) is 0 Å². The lowest BCUT2D eigenvalue weighted by atomic mass is 10.2. The van der Waals surface area contributed by atoms with Crippen LogP contribution in [0.1, 0.15) is 19.8 Å². The highest BCUT2D eigenvalue weighted by Crippen LogP contribution is 2.22. The standard InChI is InChI=1S/C16H25N3O3.ClH/c1-4-11-19(16(21)9-10-17-2)12-15(20)18-13-7-5-6-8-14(13)22-3;/h5-8,17H,4,9-12H2,1-3H3,(H,18,20);1H. The first kappa shape index (κ1) is 21.2. The molecule has 1 rings (SSSR count). The molecule has 130 valence electrons. The van der Waals surface area contributed by atoms with Gasteiger partial charge in [0.25, 0.3) is 0 Å². The molecule has 0 atom stereocenters. The van der Waals surface area contributed by atoms with Gasteiger partial charge >= 0.3 is 0 Å². The number of carbonyl (C=O) groups is 2. The number of nitrogens with one attached hydrogen (secondary N) is 2. The van der Waals surface area contributed by atoms with Crippen LogP contribution in [-0.4, -0.2) is 50.5 Å². The minimum absolute atomic E-state index is 0. The van der Waals surface area contributed by atoms with Crippen LogP contribution < -0.4 is 15.4 Å². The smallest absolute Gasteiger partial charge is 0.244 e. The van der Waals surface area contributed by atoms with Crippen LogP contribution in [0.3, 0.4) is 0 Å². The highest BCUT2D eigenvalue weighted by molar-refractivity contribution is 5.95. The van der Waals surface area contributed by atoms with Gasteiger partial charge in [0, 0.05) is 19.5 Å². The molecule has 0 aliphatic rings. The number of benzene rings is 1. The minimum Gasteiger partial charge on any atom is -0.495 e. The molecular formula is C16H26ClN3O3. The molecule has 1 aromatic rings. The number of anilines is 1. The van der Waals surface area contributed by atoms with Crippen LogP contribution in [0.15, 0.2) is 24.3 Å². The molecule has 0 bridgehead atoms. The quantitative estimate of drug-likeness (QED) is 0.718. The Morgan fingerprint density at radius 3 is 2.57 bits per heavy atom. The van der Waals surface area contributed by atoms with E-state index >= 15 is 0 Å². The van der Waals surface area contributed by atoms with E-state index < -0.39 is 0 Å². The summed E-state index contributed by atoms with van der Waals surface area (Å²) in [6.45, 7) is 3.21. The first-order valence-electron chi connectivity index (χ1n) is 7.47. The fourth-order valence-electron chi connectivity index (χ4n) is 2.06. The Bertz CT molecular complexity index is 497. The Morgan fingerprint density at radius 1 is 1.26 bits per heavy atom. The van der Waals surface area contributed by atoms with Crippen molar-refractivity contribution in [2.75, 3.05) is 39.1 Å². The summed E-state index contributed by atoms with van der Waals surface area (Å²) in [5.41, 5.74) is 0.606. The van der Waals surface area contributed by atoms with E-state index in [1.165, 1.54) is 0 Å². The number of hydrogen-bond donors (Lipinski definition) is 2. The van der Waals surface area contributed by atoms with E-state index in [1.807, 2.05) is 19.1 Å². The third kappa shape index (κ3) is 7.34. The van der Waals surface area contributed by atoms with E-state index in [9.17, 15) is 9.59 Å². The van der Waals surface area contributed by atoms with E-state index in [4.69, 9.17) is 4.74 Å². The first-order chi connectivity index (χ1) is 10.6. The summed E-state index contributed by atoms with van der Waals surface area (Å²) in [6, 6.07) is 7.19.